The van der Waals surface area contributed by atoms with Gasteiger partial charge in [0.05, 0.1) is 0 Å². The van der Waals surface area contributed by atoms with Gasteiger partial charge in [-0.3, -0.25) is 14.5 Å². The van der Waals surface area contributed by atoms with Gasteiger partial charge in [0.1, 0.15) is 12.1 Å². The van der Waals surface area contributed by atoms with Crippen LogP contribution in [-0.2, 0) is 15.1 Å². The van der Waals surface area contributed by atoms with Crippen LogP contribution in [0.4, 0.5) is 13.6 Å². The average Bonchev–Trinajstić information content (AvgIpc) is 2.72. The molecular formula is C15H17F2N3O3. The Balaban J connectivity index is 2.22. The van der Waals surface area contributed by atoms with Crippen LogP contribution in [0.25, 0.3) is 0 Å². The van der Waals surface area contributed by atoms with Crippen LogP contribution in [0, 0.1) is 11.6 Å². The molecule has 1 aliphatic rings. The number of imide groups is 1. The van der Waals surface area contributed by atoms with E-state index < -0.39 is 41.6 Å². The molecule has 0 saturated carbocycles. The molecule has 1 heterocycles. The summed E-state index contributed by atoms with van der Waals surface area (Å²) in [5.74, 6) is -3.33. The SMILES string of the molecule is CCCNC(=O)CN1C(=O)NC(C)(c2ccc(F)c(F)c2)C1=O. The summed E-state index contributed by atoms with van der Waals surface area (Å²) in [6, 6.07) is 2.20. The van der Waals surface area contributed by atoms with Crippen LogP contribution in [0.15, 0.2) is 18.2 Å². The summed E-state index contributed by atoms with van der Waals surface area (Å²) in [4.78, 5) is 36.9. The Morgan fingerprint density at radius 1 is 1.30 bits per heavy atom. The van der Waals surface area contributed by atoms with Gasteiger partial charge in [0.25, 0.3) is 5.91 Å². The fourth-order valence-electron chi connectivity index (χ4n) is 2.31. The number of amides is 4. The molecule has 0 radical (unpaired) electrons. The number of urea groups is 1. The fraction of sp³-hybridized carbons (Fsp3) is 0.400. The quantitative estimate of drug-likeness (QED) is 0.800. The van der Waals surface area contributed by atoms with E-state index in [1.165, 1.54) is 13.0 Å². The molecule has 1 fully saturated rings. The molecule has 0 bridgehead atoms. The number of benzene rings is 1. The van der Waals surface area contributed by atoms with E-state index in [1.54, 1.807) is 0 Å². The van der Waals surface area contributed by atoms with Crippen LogP contribution in [0.5, 0.6) is 0 Å². The van der Waals surface area contributed by atoms with Gasteiger partial charge in [0.15, 0.2) is 11.6 Å². The predicted molar refractivity (Wildman–Crippen MR) is 77.3 cm³/mol. The summed E-state index contributed by atoms with van der Waals surface area (Å²) < 4.78 is 26.4. The topological polar surface area (TPSA) is 78.5 Å². The summed E-state index contributed by atoms with van der Waals surface area (Å²) >= 11 is 0. The van der Waals surface area contributed by atoms with E-state index in [4.69, 9.17) is 0 Å². The minimum atomic E-state index is -1.54. The van der Waals surface area contributed by atoms with Crippen molar-refractivity contribution in [2.45, 2.75) is 25.8 Å². The zero-order chi connectivity index (χ0) is 17.2. The fourth-order valence-corrected chi connectivity index (χ4v) is 2.31. The number of carbonyl (C=O) groups is 3. The van der Waals surface area contributed by atoms with Gasteiger partial charge < -0.3 is 10.6 Å². The molecule has 1 atom stereocenters. The van der Waals surface area contributed by atoms with Crippen molar-refractivity contribution in [2.75, 3.05) is 13.1 Å². The van der Waals surface area contributed by atoms with E-state index in [0.717, 1.165) is 23.5 Å². The van der Waals surface area contributed by atoms with Crippen molar-refractivity contribution in [3.63, 3.8) is 0 Å². The molecule has 0 spiro atoms. The lowest BCUT2D eigenvalue weighted by Gasteiger charge is -2.22. The van der Waals surface area contributed by atoms with E-state index in [0.29, 0.717) is 6.54 Å². The van der Waals surface area contributed by atoms with Gasteiger partial charge in [0.2, 0.25) is 5.91 Å². The van der Waals surface area contributed by atoms with E-state index in [9.17, 15) is 23.2 Å². The monoisotopic (exact) mass is 325 g/mol. The molecule has 8 heteroatoms. The number of nitrogens with zero attached hydrogens (tertiary/aromatic N) is 1. The van der Waals surface area contributed by atoms with E-state index >= 15 is 0 Å². The van der Waals surface area contributed by atoms with Gasteiger partial charge in [0, 0.05) is 6.54 Å². The summed E-state index contributed by atoms with van der Waals surface area (Å²) in [5.41, 5.74) is -1.44. The average molecular weight is 325 g/mol. The molecule has 2 N–H and O–H groups in total. The minimum absolute atomic E-state index is 0.103. The normalized spacial score (nSPS) is 20.6. The molecule has 23 heavy (non-hydrogen) atoms. The van der Waals surface area contributed by atoms with Gasteiger partial charge in [-0.15, -0.1) is 0 Å². The lowest BCUT2D eigenvalue weighted by atomic mass is 9.92. The maximum Gasteiger partial charge on any atom is 0.325 e. The Kier molecular flexibility index (Phi) is 4.63. The molecule has 124 valence electrons. The Bertz CT molecular complexity index is 665. The van der Waals surface area contributed by atoms with Crippen molar-refractivity contribution in [3.05, 3.63) is 35.4 Å². The summed E-state index contributed by atoms with van der Waals surface area (Å²) in [6.45, 7) is 3.25. The number of halogens is 2. The van der Waals surface area contributed by atoms with Crippen molar-refractivity contribution in [1.29, 1.82) is 0 Å². The number of hydrogen-bond donors (Lipinski definition) is 2. The Hall–Kier alpha value is -2.51. The molecule has 1 aromatic carbocycles. The predicted octanol–water partition coefficient (Wildman–Crippen LogP) is 1.26. The first-order valence-corrected chi connectivity index (χ1v) is 7.16. The van der Waals surface area contributed by atoms with Crippen molar-refractivity contribution >= 4 is 17.8 Å². The molecular weight excluding hydrogens is 308 g/mol. The standard InChI is InChI=1S/C15H17F2N3O3/c1-3-6-18-12(21)8-20-13(22)15(2,19-14(20)23)9-4-5-10(16)11(17)7-9/h4-5,7H,3,6,8H2,1-2H3,(H,18,21)(H,19,23). The summed E-state index contributed by atoms with van der Waals surface area (Å²) in [5, 5.41) is 4.98. The molecule has 1 unspecified atom stereocenters. The third-order valence-corrected chi connectivity index (χ3v) is 3.65. The smallest absolute Gasteiger partial charge is 0.325 e. The second-order valence-electron chi connectivity index (χ2n) is 5.43. The van der Waals surface area contributed by atoms with Crippen molar-refractivity contribution in [3.8, 4) is 0 Å². The van der Waals surface area contributed by atoms with Crippen LogP contribution in [0.1, 0.15) is 25.8 Å². The number of hydrogen-bond acceptors (Lipinski definition) is 3. The molecule has 2 rings (SSSR count). The molecule has 4 amide bonds. The highest BCUT2D eigenvalue weighted by atomic mass is 19.2. The van der Waals surface area contributed by atoms with E-state index in [-0.39, 0.29) is 5.56 Å². The molecule has 0 aliphatic carbocycles. The first kappa shape index (κ1) is 16.9. The summed E-state index contributed by atoms with van der Waals surface area (Å²) in [6.07, 6.45) is 0.721. The maximum absolute atomic E-state index is 13.4. The second kappa shape index (κ2) is 6.31. The molecule has 6 nitrogen and oxygen atoms in total. The number of rotatable bonds is 5. The number of carbonyl (C=O) groups excluding carboxylic acids is 3. The van der Waals surface area contributed by atoms with Crippen LogP contribution in [0.2, 0.25) is 0 Å². The first-order valence-electron chi connectivity index (χ1n) is 7.16. The van der Waals surface area contributed by atoms with Crippen molar-refractivity contribution < 1.29 is 23.2 Å². The van der Waals surface area contributed by atoms with Crippen LogP contribution < -0.4 is 10.6 Å². The Labute approximate surface area is 131 Å². The van der Waals surface area contributed by atoms with Crippen LogP contribution in [-0.4, -0.2) is 35.8 Å². The highest BCUT2D eigenvalue weighted by molar-refractivity contribution is 6.09. The van der Waals surface area contributed by atoms with Crippen molar-refractivity contribution in [2.24, 2.45) is 0 Å². The van der Waals surface area contributed by atoms with E-state index in [1.807, 2.05) is 6.92 Å². The van der Waals surface area contributed by atoms with Crippen LogP contribution >= 0.6 is 0 Å². The number of nitrogens with one attached hydrogen (secondary N) is 2. The van der Waals surface area contributed by atoms with E-state index in [2.05, 4.69) is 10.6 Å². The Morgan fingerprint density at radius 3 is 2.61 bits per heavy atom. The van der Waals surface area contributed by atoms with Crippen LogP contribution in [0.3, 0.4) is 0 Å². The molecule has 1 saturated heterocycles. The third-order valence-electron chi connectivity index (χ3n) is 3.65. The minimum Gasteiger partial charge on any atom is -0.355 e. The maximum atomic E-state index is 13.4. The van der Waals surface area contributed by atoms with Gasteiger partial charge in [-0.1, -0.05) is 13.0 Å². The lowest BCUT2D eigenvalue weighted by molar-refractivity contribution is -0.134. The second-order valence-corrected chi connectivity index (χ2v) is 5.43. The molecule has 1 aromatic rings. The summed E-state index contributed by atoms with van der Waals surface area (Å²) in [7, 11) is 0. The highest BCUT2D eigenvalue weighted by Gasteiger charge is 2.49. The Morgan fingerprint density at radius 2 is 2.00 bits per heavy atom. The molecule has 1 aliphatic heterocycles. The van der Waals surface area contributed by atoms with Crippen molar-refractivity contribution in [1.82, 2.24) is 15.5 Å². The largest absolute Gasteiger partial charge is 0.355 e. The van der Waals surface area contributed by atoms with Gasteiger partial charge in [-0.25, -0.2) is 13.6 Å². The first-order chi connectivity index (χ1) is 10.8. The van der Waals surface area contributed by atoms with Gasteiger partial charge in [-0.2, -0.15) is 0 Å². The zero-order valence-corrected chi connectivity index (χ0v) is 12.8. The van der Waals surface area contributed by atoms with Gasteiger partial charge >= 0.3 is 6.03 Å². The van der Waals surface area contributed by atoms with Gasteiger partial charge in [-0.05, 0) is 31.0 Å². The lowest BCUT2D eigenvalue weighted by Crippen LogP contribution is -2.43. The zero-order valence-electron chi connectivity index (χ0n) is 12.8. The third kappa shape index (κ3) is 3.15. The molecule has 0 aromatic heterocycles. The highest BCUT2D eigenvalue weighted by Crippen LogP contribution is 2.29.